The molecule has 1 amide bonds. The second-order valence-corrected chi connectivity index (χ2v) is 7.67. The molecule has 0 spiro atoms. The van der Waals surface area contributed by atoms with Crippen molar-refractivity contribution in [3.8, 4) is 0 Å². The van der Waals surface area contributed by atoms with Gasteiger partial charge < -0.3 is 10.1 Å². The first-order valence-electron chi connectivity index (χ1n) is 8.90. The summed E-state index contributed by atoms with van der Waals surface area (Å²) in [4.78, 5) is 29.2. The Bertz CT molecular complexity index is 668. The molecular formula is C19H27N3O3. The maximum Gasteiger partial charge on any atom is 0.325 e. The minimum Gasteiger partial charge on any atom is -0.459 e. The Morgan fingerprint density at radius 2 is 2.08 bits per heavy atom. The monoisotopic (exact) mass is 345 g/mol. The molecule has 2 fully saturated rings. The van der Waals surface area contributed by atoms with Crippen molar-refractivity contribution in [1.82, 2.24) is 10.2 Å². The fourth-order valence-electron chi connectivity index (χ4n) is 3.39. The minimum atomic E-state index is -0.539. The Kier molecular flexibility index (Phi) is 4.84. The van der Waals surface area contributed by atoms with E-state index in [1.807, 2.05) is 43.9 Å². The molecule has 2 atom stereocenters. The van der Waals surface area contributed by atoms with E-state index in [0.29, 0.717) is 19.8 Å². The Morgan fingerprint density at radius 1 is 1.32 bits per heavy atom. The summed E-state index contributed by atoms with van der Waals surface area (Å²) in [6.07, 6.45) is 0.922. The lowest BCUT2D eigenvalue weighted by Crippen LogP contribution is -2.60. The highest BCUT2D eigenvalue weighted by molar-refractivity contribution is 6.00. The van der Waals surface area contributed by atoms with Gasteiger partial charge in [0.1, 0.15) is 17.7 Å². The van der Waals surface area contributed by atoms with Crippen LogP contribution in [0.1, 0.15) is 33.3 Å². The van der Waals surface area contributed by atoms with E-state index in [1.54, 1.807) is 4.90 Å². The average Bonchev–Trinajstić information content (AvgIpc) is 2.90. The smallest absolute Gasteiger partial charge is 0.325 e. The van der Waals surface area contributed by atoms with Gasteiger partial charge >= 0.3 is 5.97 Å². The van der Waals surface area contributed by atoms with Crippen LogP contribution in [-0.2, 0) is 20.7 Å². The number of anilines is 1. The molecule has 0 aliphatic carbocycles. The molecule has 2 saturated heterocycles. The van der Waals surface area contributed by atoms with Crippen molar-refractivity contribution in [1.29, 1.82) is 0 Å². The highest BCUT2D eigenvalue weighted by Crippen LogP contribution is 2.28. The largest absolute Gasteiger partial charge is 0.459 e. The zero-order valence-electron chi connectivity index (χ0n) is 15.4. The lowest BCUT2D eigenvalue weighted by atomic mass is 10.1. The number of rotatable bonds is 3. The average molecular weight is 345 g/mol. The Labute approximate surface area is 149 Å². The predicted octanol–water partition coefficient (Wildman–Crippen LogP) is 1.54. The lowest BCUT2D eigenvalue weighted by Gasteiger charge is -2.35. The van der Waals surface area contributed by atoms with E-state index in [9.17, 15) is 9.59 Å². The summed E-state index contributed by atoms with van der Waals surface area (Å²) in [6, 6.07) is 7.26. The summed E-state index contributed by atoms with van der Waals surface area (Å²) < 4.78 is 5.55. The van der Waals surface area contributed by atoms with Crippen LogP contribution in [-0.4, -0.2) is 54.2 Å². The SMILES string of the molecule is CCc1cccc(N2CN3C(C(=O)OC(C)(C)C)CNCC3C2=O)c1. The van der Waals surface area contributed by atoms with Gasteiger partial charge in [-0.05, 0) is 44.9 Å². The molecule has 1 N–H and O–H groups in total. The molecule has 0 aromatic heterocycles. The maximum absolute atomic E-state index is 12.9. The molecule has 6 nitrogen and oxygen atoms in total. The van der Waals surface area contributed by atoms with Gasteiger partial charge in [-0.2, -0.15) is 0 Å². The number of nitrogens with one attached hydrogen (secondary N) is 1. The molecular weight excluding hydrogens is 318 g/mol. The van der Waals surface area contributed by atoms with E-state index in [4.69, 9.17) is 4.74 Å². The van der Waals surface area contributed by atoms with Gasteiger partial charge in [0.15, 0.2) is 0 Å². The predicted molar refractivity (Wildman–Crippen MR) is 96.3 cm³/mol. The second-order valence-electron chi connectivity index (χ2n) is 7.67. The Balaban J connectivity index is 1.81. The highest BCUT2D eigenvalue weighted by atomic mass is 16.6. The maximum atomic E-state index is 12.9. The van der Waals surface area contributed by atoms with Crippen LogP contribution in [0.25, 0.3) is 0 Å². The zero-order valence-corrected chi connectivity index (χ0v) is 15.4. The van der Waals surface area contributed by atoms with Gasteiger partial charge in [-0.15, -0.1) is 0 Å². The molecule has 1 aromatic rings. The van der Waals surface area contributed by atoms with E-state index in [0.717, 1.165) is 12.1 Å². The summed E-state index contributed by atoms with van der Waals surface area (Å²) in [5, 5.41) is 3.21. The van der Waals surface area contributed by atoms with Crippen LogP contribution < -0.4 is 10.2 Å². The number of aryl methyl sites for hydroxylation is 1. The van der Waals surface area contributed by atoms with E-state index in [2.05, 4.69) is 18.3 Å². The fraction of sp³-hybridized carbons (Fsp3) is 0.579. The van der Waals surface area contributed by atoms with E-state index in [-0.39, 0.29) is 17.9 Å². The number of benzene rings is 1. The number of esters is 1. The molecule has 1 aromatic carbocycles. The minimum absolute atomic E-state index is 0.0361. The number of hydrogen-bond acceptors (Lipinski definition) is 5. The highest BCUT2D eigenvalue weighted by Gasteiger charge is 2.47. The van der Waals surface area contributed by atoms with Crippen LogP contribution in [0.5, 0.6) is 0 Å². The summed E-state index contributed by atoms with van der Waals surface area (Å²) in [5.41, 5.74) is 1.54. The number of carbonyl (C=O) groups excluding carboxylic acids is 2. The van der Waals surface area contributed by atoms with Crippen molar-refractivity contribution in [3.63, 3.8) is 0 Å². The van der Waals surface area contributed by atoms with Crippen LogP contribution in [0.4, 0.5) is 5.69 Å². The van der Waals surface area contributed by atoms with E-state index >= 15 is 0 Å². The lowest BCUT2D eigenvalue weighted by molar-refractivity contribution is -0.162. The number of fused-ring (bicyclic) bond motifs is 1. The van der Waals surface area contributed by atoms with E-state index < -0.39 is 11.6 Å². The molecule has 0 bridgehead atoms. The summed E-state index contributed by atoms with van der Waals surface area (Å²) in [7, 11) is 0. The van der Waals surface area contributed by atoms with Crippen molar-refractivity contribution in [2.45, 2.75) is 51.8 Å². The molecule has 0 radical (unpaired) electrons. The third kappa shape index (κ3) is 3.70. The normalized spacial score (nSPS) is 24.3. The standard InChI is InChI=1S/C19H27N3O3/c1-5-13-7-6-8-14(9-13)21-12-22-15(17(21)23)10-20-11-16(22)18(24)25-19(2,3)4/h6-9,15-16,20H,5,10-12H2,1-4H3. The molecule has 2 heterocycles. The first kappa shape index (κ1) is 17.9. The van der Waals surface area contributed by atoms with Crippen molar-refractivity contribution in [2.24, 2.45) is 0 Å². The fourth-order valence-corrected chi connectivity index (χ4v) is 3.39. The van der Waals surface area contributed by atoms with Gasteiger partial charge in [0, 0.05) is 18.8 Å². The Hall–Kier alpha value is -1.92. The van der Waals surface area contributed by atoms with E-state index in [1.165, 1.54) is 5.56 Å². The number of amides is 1. The molecule has 2 aliphatic heterocycles. The van der Waals surface area contributed by atoms with Crippen LogP contribution in [0.2, 0.25) is 0 Å². The van der Waals surface area contributed by atoms with Crippen molar-refractivity contribution >= 4 is 17.6 Å². The molecule has 3 rings (SSSR count). The Morgan fingerprint density at radius 3 is 2.76 bits per heavy atom. The molecule has 25 heavy (non-hydrogen) atoms. The number of nitrogens with zero attached hydrogens (tertiary/aromatic N) is 2. The number of carbonyl (C=O) groups is 2. The topological polar surface area (TPSA) is 61.9 Å². The third-order valence-electron chi connectivity index (χ3n) is 4.64. The van der Waals surface area contributed by atoms with Crippen LogP contribution in [0.15, 0.2) is 24.3 Å². The first-order valence-corrected chi connectivity index (χ1v) is 8.90. The third-order valence-corrected chi connectivity index (χ3v) is 4.64. The van der Waals surface area contributed by atoms with Gasteiger partial charge in [-0.25, -0.2) is 0 Å². The van der Waals surface area contributed by atoms with Crippen molar-refractivity contribution in [2.75, 3.05) is 24.7 Å². The van der Waals surface area contributed by atoms with Gasteiger partial charge in [-0.1, -0.05) is 19.1 Å². The summed E-state index contributed by atoms with van der Waals surface area (Å²) in [6.45, 7) is 9.14. The second kappa shape index (κ2) is 6.77. The molecule has 136 valence electrons. The number of ether oxygens (including phenoxy) is 1. The number of hydrogen-bond donors (Lipinski definition) is 1. The number of piperazine rings is 1. The summed E-state index contributed by atoms with van der Waals surface area (Å²) >= 11 is 0. The quantitative estimate of drug-likeness (QED) is 0.842. The van der Waals surface area contributed by atoms with Gasteiger partial charge in [0.05, 0.1) is 6.67 Å². The van der Waals surface area contributed by atoms with Crippen LogP contribution >= 0.6 is 0 Å². The zero-order chi connectivity index (χ0) is 18.2. The van der Waals surface area contributed by atoms with Crippen molar-refractivity contribution < 1.29 is 14.3 Å². The van der Waals surface area contributed by atoms with Crippen LogP contribution in [0.3, 0.4) is 0 Å². The van der Waals surface area contributed by atoms with Gasteiger partial charge in [0.2, 0.25) is 5.91 Å². The molecule has 0 saturated carbocycles. The van der Waals surface area contributed by atoms with Crippen molar-refractivity contribution in [3.05, 3.63) is 29.8 Å². The van der Waals surface area contributed by atoms with Crippen LogP contribution in [0, 0.1) is 0 Å². The summed E-state index contributed by atoms with van der Waals surface area (Å²) in [5.74, 6) is -0.240. The van der Waals surface area contributed by atoms with Gasteiger partial charge in [0.25, 0.3) is 0 Å². The van der Waals surface area contributed by atoms with Gasteiger partial charge in [-0.3, -0.25) is 19.4 Å². The molecule has 2 aliphatic rings. The molecule has 6 heteroatoms. The first-order chi connectivity index (χ1) is 11.8. The molecule has 2 unspecified atom stereocenters.